The smallest absolute Gasteiger partial charge is 0.330 e. The molecule has 0 saturated carbocycles. The van der Waals surface area contributed by atoms with Crippen molar-refractivity contribution in [2.75, 3.05) is 25.2 Å². The Hall–Kier alpha value is -2.88. The van der Waals surface area contributed by atoms with E-state index in [-0.39, 0.29) is 16.9 Å². The molecule has 1 aliphatic rings. The van der Waals surface area contributed by atoms with Crippen molar-refractivity contribution >= 4 is 41.5 Å². The molecule has 1 aromatic carbocycles. The van der Waals surface area contributed by atoms with Crippen molar-refractivity contribution in [2.24, 2.45) is 0 Å². The number of nitrogens with zero attached hydrogens (tertiary/aromatic N) is 1. The number of fused-ring (bicyclic) bond motifs is 1. The maximum Gasteiger partial charge on any atom is 0.330 e. The number of rotatable bonds is 9. The number of carbonyl (C=O) groups excluding carboxylic acids is 5. The number of amides is 5. The van der Waals surface area contributed by atoms with Crippen LogP contribution in [0.5, 0.6) is 0 Å². The van der Waals surface area contributed by atoms with Crippen molar-refractivity contribution in [2.45, 2.75) is 25.8 Å². The molecule has 1 heterocycles. The molecule has 5 amide bonds. The largest absolute Gasteiger partial charge is 0.454 e. The maximum atomic E-state index is 12.6. The molecule has 0 aromatic heterocycles. The lowest BCUT2D eigenvalue weighted by atomic mass is 10.1. The summed E-state index contributed by atoms with van der Waals surface area (Å²) < 4.78 is 4.96. The van der Waals surface area contributed by atoms with Gasteiger partial charge in [-0.15, -0.1) is 0 Å². The molecule has 1 aliphatic heterocycles. The lowest BCUT2D eigenvalue weighted by Gasteiger charge is -2.23. The molecular weight excluding hydrogens is 398 g/mol. The van der Waals surface area contributed by atoms with Gasteiger partial charge < -0.3 is 10.1 Å². The van der Waals surface area contributed by atoms with Crippen LogP contribution in [0.3, 0.4) is 0 Å². The first-order valence-electron chi connectivity index (χ1n) is 9.10. The van der Waals surface area contributed by atoms with Crippen molar-refractivity contribution in [3.63, 3.8) is 0 Å². The van der Waals surface area contributed by atoms with Crippen LogP contribution in [0.25, 0.3) is 0 Å². The van der Waals surface area contributed by atoms with Gasteiger partial charge in [-0.25, -0.2) is 9.59 Å². The zero-order valence-corrected chi connectivity index (χ0v) is 17.0. The van der Waals surface area contributed by atoms with E-state index in [4.69, 9.17) is 4.74 Å². The number of ether oxygens (including phenoxy) is 1. The monoisotopic (exact) mass is 421 g/mol. The highest BCUT2D eigenvalue weighted by Crippen LogP contribution is 2.26. The molecule has 0 saturated heterocycles. The van der Waals surface area contributed by atoms with Gasteiger partial charge in [0.05, 0.1) is 11.1 Å². The summed E-state index contributed by atoms with van der Waals surface area (Å²) in [6, 6.07) is 4.43. The number of benzene rings is 1. The molecule has 1 aromatic rings. The summed E-state index contributed by atoms with van der Waals surface area (Å²) in [6.45, 7) is 1.68. The quantitative estimate of drug-likeness (QED) is 0.349. The lowest BCUT2D eigenvalue weighted by Crippen LogP contribution is -2.48. The molecular formula is C19H23N3O6S. The number of esters is 1. The van der Waals surface area contributed by atoms with Crippen molar-refractivity contribution in [3.05, 3.63) is 35.4 Å². The summed E-state index contributed by atoms with van der Waals surface area (Å²) >= 11 is 1.25. The topological polar surface area (TPSA) is 122 Å². The molecule has 156 valence electrons. The number of urea groups is 1. The third-order valence-electron chi connectivity index (χ3n) is 4.15. The van der Waals surface area contributed by atoms with Gasteiger partial charge in [-0.1, -0.05) is 25.5 Å². The average Bonchev–Trinajstić information content (AvgIpc) is 2.95. The predicted molar refractivity (Wildman–Crippen MR) is 107 cm³/mol. The fourth-order valence-electron chi connectivity index (χ4n) is 2.72. The summed E-state index contributed by atoms with van der Waals surface area (Å²) in [7, 11) is 0. The van der Waals surface area contributed by atoms with Crippen LogP contribution in [0.1, 0.15) is 40.5 Å². The van der Waals surface area contributed by atoms with Crippen molar-refractivity contribution in [3.8, 4) is 0 Å². The van der Waals surface area contributed by atoms with E-state index in [9.17, 15) is 24.0 Å². The van der Waals surface area contributed by atoms with E-state index in [0.717, 1.165) is 17.7 Å². The number of hydrogen-bond acceptors (Lipinski definition) is 7. The second-order valence-electron chi connectivity index (χ2n) is 6.26. The summed E-state index contributed by atoms with van der Waals surface area (Å²) in [5, 5.41) is 4.55. The molecule has 29 heavy (non-hydrogen) atoms. The second-order valence-corrected chi connectivity index (χ2v) is 7.17. The summed E-state index contributed by atoms with van der Waals surface area (Å²) in [6.07, 6.45) is 3.37. The van der Waals surface area contributed by atoms with Gasteiger partial charge >= 0.3 is 12.0 Å². The molecule has 0 unspecified atom stereocenters. The fraction of sp³-hybridized carbons (Fsp3) is 0.421. The van der Waals surface area contributed by atoms with E-state index >= 15 is 0 Å². The molecule has 2 N–H and O–H groups in total. The minimum atomic E-state index is -1.18. The summed E-state index contributed by atoms with van der Waals surface area (Å²) in [5.41, 5.74) is 0.441. The third kappa shape index (κ3) is 5.57. The van der Waals surface area contributed by atoms with Gasteiger partial charge in [-0.3, -0.25) is 24.6 Å². The van der Waals surface area contributed by atoms with E-state index < -0.39 is 42.4 Å². The Morgan fingerprint density at radius 3 is 2.31 bits per heavy atom. The summed E-state index contributed by atoms with van der Waals surface area (Å²) in [5.74, 6) is -2.75. The molecule has 0 radical (unpaired) electrons. The highest BCUT2D eigenvalue weighted by atomic mass is 32.2. The Labute approximate surface area is 172 Å². The minimum absolute atomic E-state index is 0.115. The minimum Gasteiger partial charge on any atom is -0.454 e. The average molecular weight is 421 g/mol. The fourth-order valence-corrected chi connectivity index (χ4v) is 3.32. The first kappa shape index (κ1) is 22.4. The van der Waals surface area contributed by atoms with E-state index in [2.05, 4.69) is 5.32 Å². The highest BCUT2D eigenvalue weighted by molar-refractivity contribution is 7.98. The lowest BCUT2D eigenvalue weighted by molar-refractivity contribution is -0.151. The van der Waals surface area contributed by atoms with Crippen LogP contribution >= 0.6 is 11.8 Å². The third-order valence-corrected chi connectivity index (χ3v) is 4.80. The standard InChI is InChI=1S/C19H23N3O6S/c1-3-4-9-20-19(27)21-15(23)10-28-18(26)14(11-29-2)22-16(24)12-7-5-6-8-13(12)17(22)25/h5-8,14H,3-4,9-11H2,1-2H3,(H2,20,21,23,27)/t14-/m0/s1. The number of thioether (sulfide) groups is 1. The number of imide groups is 2. The van der Waals surface area contributed by atoms with Crippen LogP contribution in [0.15, 0.2) is 24.3 Å². The molecule has 0 bridgehead atoms. The van der Waals surface area contributed by atoms with Gasteiger partial charge in [0.25, 0.3) is 17.7 Å². The first-order valence-corrected chi connectivity index (χ1v) is 10.5. The van der Waals surface area contributed by atoms with Crippen molar-refractivity contribution in [1.82, 2.24) is 15.5 Å². The van der Waals surface area contributed by atoms with Gasteiger partial charge in [-0.05, 0) is 24.8 Å². The predicted octanol–water partition coefficient (Wildman–Crippen LogP) is 1.18. The van der Waals surface area contributed by atoms with Gasteiger partial charge in [0.2, 0.25) is 0 Å². The van der Waals surface area contributed by atoms with Crippen LogP contribution in [-0.2, 0) is 14.3 Å². The Morgan fingerprint density at radius 1 is 1.14 bits per heavy atom. The van der Waals surface area contributed by atoms with E-state index in [1.165, 1.54) is 23.9 Å². The molecule has 0 fully saturated rings. The Kier molecular flexibility index (Phi) is 8.20. The van der Waals surface area contributed by atoms with Crippen molar-refractivity contribution in [1.29, 1.82) is 0 Å². The Balaban J connectivity index is 1.97. The second kappa shape index (κ2) is 10.6. The number of carbonyl (C=O) groups is 5. The molecule has 0 aliphatic carbocycles. The number of nitrogens with one attached hydrogen (secondary N) is 2. The SMILES string of the molecule is CCCCNC(=O)NC(=O)COC(=O)[C@H](CSC)N1C(=O)c2ccccc2C1=O. The van der Waals surface area contributed by atoms with Crippen molar-refractivity contribution < 1.29 is 28.7 Å². The van der Waals surface area contributed by atoms with Crippen LogP contribution in [-0.4, -0.2) is 65.8 Å². The Bertz CT molecular complexity index is 778. The Morgan fingerprint density at radius 2 is 1.76 bits per heavy atom. The molecule has 1 atom stereocenters. The van der Waals surface area contributed by atoms with Gasteiger partial charge in [0.1, 0.15) is 6.04 Å². The van der Waals surface area contributed by atoms with Gasteiger partial charge in [0.15, 0.2) is 6.61 Å². The number of hydrogen-bond donors (Lipinski definition) is 2. The van der Waals surface area contributed by atoms with E-state index in [1.54, 1.807) is 18.4 Å². The van der Waals surface area contributed by atoms with Crippen LogP contribution in [0.4, 0.5) is 4.79 Å². The number of unbranched alkanes of at least 4 members (excludes halogenated alkanes) is 1. The molecule has 2 rings (SSSR count). The zero-order valence-electron chi connectivity index (χ0n) is 16.2. The molecule has 0 spiro atoms. The van der Waals surface area contributed by atoms with Crippen LogP contribution in [0.2, 0.25) is 0 Å². The maximum absolute atomic E-state index is 12.6. The van der Waals surface area contributed by atoms with Gasteiger partial charge in [-0.2, -0.15) is 11.8 Å². The molecule has 9 nitrogen and oxygen atoms in total. The van der Waals surface area contributed by atoms with Crippen LogP contribution < -0.4 is 10.6 Å². The molecule has 10 heteroatoms. The highest BCUT2D eigenvalue weighted by Gasteiger charge is 2.43. The first-order chi connectivity index (χ1) is 13.9. The normalized spacial score (nSPS) is 13.7. The van der Waals surface area contributed by atoms with E-state index in [0.29, 0.717) is 6.54 Å². The summed E-state index contributed by atoms with van der Waals surface area (Å²) in [4.78, 5) is 61.9. The zero-order chi connectivity index (χ0) is 21.4. The van der Waals surface area contributed by atoms with E-state index in [1.807, 2.05) is 12.2 Å². The van der Waals surface area contributed by atoms with Gasteiger partial charge in [0, 0.05) is 12.3 Å². The van der Waals surface area contributed by atoms with Crippen LogP contribution in [0, 0.1) is 0 Å².